The first-order valence-electron chi connectivity index (χ1n) is 4.37. The van der Waals surface area contributed by atoms with Crippen LogP contribution in [-0.2, 0) is 0 Å². The lowest BCUT2D eigenvalue weighted by molar-refractivity contribution is 0.0725. The molecule has 6 heteroatoms. The highest BCUT2D eigenvalue weighted by molar-refractivity contribution is 7.14. The number of aromatic hydroxyl groups is 1. The maximum absolute atomic E-state index is 11.6. The summed E-state index contributed by atoms with van der Waals surface area (Å²) >= 11 is 1.15. The Morgan fingerprint density at radius 3 is 2.81 bits per heavy atom. The van der Waals surface area contributed by atoms with Crippen molar-refractivity contribution < 1.29 is 14.6 Å². The smallest absolute Gasteiger partial charge is 0.365 e. The van der Waals surface area contributed by atoms with Crippen molar-refractivity contribution in [2.24, 2.45) is 0 Å². The van der Waals surface area contributed by atoms with E-state index in [1.54, 1.807) is 12.1 Å². The normalized spacial score (nSPS) is 10.0. The molecule has 0 spiro atoms. The van der Waals surface area contributed by atoms with Gasteiger partial charge in [0.1, 0.15) is 5.00 Å². The first-order valence-corrected chi connectivity index (χ1v) is 5.25. The summed E-state index contributed by atoms with van der Waals surface area (Å²) < 4.78 is 4.95. The van der Waals surface area contributed by atoms with Crippen molar-refractivity contribution in [3.63, 3.8) is 0 Å². The fraction of sp³-hybridized carbons (Fsp3) is 0. The third kappa shape index (κ3) is 1.96. The number of anilines is 1. The molecule has 0 aliphatic carbocycles. The molecule has 5 nitrogen and oxygen atoms in total. The Kier molecular flexibility index (Phi) is 2.74. The van der Waals surface area contributed by atoms with Crippen molar-refractivity contribution in [3.05, 3.63) is 35.5 Å². The Morgan fingerprint density at radius 2 is 2.19 bits per heavy atom. The van der Waals surface area contributed by atoms with E-state index in [4.69, 9.17) is 10.5 Å². The summed E-state index contributed by atoms with van der Waals surface area (Å²) in [6, 6.07) is 6.18. The quantitative estimate of drug-likeness (QED) is 0.611. The van der Waals surface area contributed by atoms with E-state index in [1.165, 1.54) is 17.6 Å². The molecule has 3 N–H and O–H groups in total. The van der Waals surface area contributed by atoms with Gasteiger partial charge >= 0.3 is 5.97 Å². The minimum atomic E-state index is -0.680. The summed E-state index contributed by atoms with van der Waals surface area (Å²) in [6.45, 7) is 0. The van der Waals surface area contributed by atoms with E-state index >= 15 is 0 Å². The number of rotatable bonds is 2. The van der Waals surface area contributed by atoms with Gasteiger partial charge in [-0.05, 0) is 12.1 Å². The number of phenolic OH excluding ortho intramolecular Hbond substituents is 1. The Morgan fingerprint density at radius 1 is 1.44 bits per heavy atom. The van der Waals surface area contributed by atoms with Crippen molar-refractivity contribution in [2.75, 3.05) is 5.73 Å². The highest BCUT2D eigenvalue weighted by atomic mass is 32.1. The fourth-order valence-corrected chi connectivity index (χ4v) is 1.62. The van der Waals surface area contributed by atoms with Crippen LogP contribution in [0.15, 0.2) is 29.8 Å². The first kappa shape index (κ1) is 10.4. The second kappa shape index (κ2) is 4.19. The van der Waals surface area contributed by atoms with Crippen molar-refractivity contribution >= 4 is 22.3 Å². The molecule has 0 fully saturated rings. The number of nitrogen functional groups attached to an aromatic ring is 1. The van der Waals surface area contributed by atoms with Gasteiger partial charge in [0, 0.05) is 0 Å². The number of ether oxygens (including phenoxy) is 1. The average Bonchev–Trinajstić information content (AvgIpc) is 2.68. The maximum Gasteiger partial charge on any atom is 0.365 e. The number of esters is 1. The van der Waals surface area contributed by atoms with Gasteiger partial charge in [0.2, 0.25) is 0 Å². The van der Waals surface area contributed by atoms with E-state index in [0.717, 1.165) is 11.3 Å². The number of nitrogens with zero attached hydrogens (tertiary/aromatic N) is 1. The molecule has 0 aliphatic rings. The molecule has 0 saturated heterocycles. The number of thiazole rings is 1. The Balaban J connectivity index is 2.21. The summed E-state index contributed by atoms with van der Waals surface area (Å²) in [7, 11) is 0. The number of para-hydroxylation sites is 2. The summed E-state index contributed by atoms with van der Waals surface area (Å²) in [4.78, 5) is 15.4. The van der Waals surface area contributed by atoms with Crippen LogP contribution in [0.3, 0.4) is 0 Å². The predicted octanol–water partition coefficient (Wildman–Crippen LogP) is 1.65. The van der Waals surface area contributed by atoms with Crippen LogP contribution in [0.25, 0.3) is 0 Å². The molecule has 0 unspecified atom stereocenters. The minimum absolute atomic E-state index is 0.0632. The zero-order valence-corrected chi connectivity index (χ0v) is 8.90. The zero-order valence-electron chi connectivity index (χ0n) is 8.08. The van der Waals surface area contributed by atoms with Crippen molar-refractivity contribution in [2.45, 2.75) is 0 Å². The van der Waals surface area contributed by atoms with E-state index in [2.05, 4.69) is 4.98 Å². The van der Waals surface area contributed by atoms with Gasteiger partial charge in [-0.25, -0.2) is 9.78 Å². The molecule has 2 aromatic rings. The number of carbonyl (C=O) groups excluding carboxylic acids is 1. The van der Waals surface area contributed by atoms with Crippen molar-refractivity contribution in [3.8, 4) is 11.5 Å². The summed E-state index contributed by atoms with van der Waals surface area (Å²) in [6.07, 6.45) is 0. The van der Waals surface area contributed by atoms with Crippen LogP contribution in [0.5, 0.6) is 11.5 Å². The molecule has 0 atom stereocenters. The second-order valence-corrected chi connectivity index (χ2v) is 3.81. The zero-order chi connectivity index (χ0) is 11.5. The van der Waals surface area contributed by atoms with E-state index < -0.39 is 5.97 Å². The van der Waals surface area contributed by atoms with Gasteiger partial charge in [-0.15, -0.1) is 11.3 Å². The Bertz CT molecular complexity index is 524. The first-order chi connectivity index (χ1) is 7.68. The molecule has 0 saturated carbocycles. The lowest BCUT2D eigenvalue weighted by Crippen LogP contribution is -2.10. The monoisotopic (exact) mass is 236 g/mol. The molecule has 0 amide bonds. The molecule has 0 radical (unpaired) electrons. The third-order valence-electron chi connectivity index (χ3n) is 1.86. The predicted molar refractivity (Wildman–Crippen MR) is 59.6 cm³/mol. The highest BCUT2D eigenvalue weighted by Crippen LogP contribution is 2.26. The molecule has 1 aromatic carbocycles. The number of carbonyl (C=O) groups is 1. The van der Waals surface area contributed by atoms with E-state index in [9.17, 15) is 9.90 Å². The largest absolute Gasteiger partial charge is 0.504 e. The third-order valence-corrected chi connectivity index (χ3v) is 2.51. The van der Waals surface area contributed by atoms with Gasteiger partial charge in [-0.1, -0.05) is 12.1 Å². The fourth-order valence-electron chi connectivity index (χ4n) is 1.10. The van der Waals surface area contributed by atoms with Gasteiger partial charge in [0.05, 0.1) is 5.51 Å². The van der Waals surface area contributed by atoms with Crippen LogP contribution in [0.2, 0.25) is 0 Å². The summed E-state index contributed by atoms with van der Waals surface area (Å²) in [5.41, 5.74) is 7.04. The number of hydrogen-bond donors (Lipinski definition) is 2. The van der Waals surface area contributed by atoms with Crippen LogP contribution in [-0.4, -0.2) is 16.1 Å². The molecule has 2 rings (SSSR count). The van der Waals surface area contributed by atoms with Crippen LogP contribution in [0.1, 0.15) is 10.5 Å². The topological polar surface area (TPSA) is 85.4 Å². The van der Waals surface area contributed by atoms with E-state index in [-0.39, 0.29) is 17.2 Å². The van der Waals surface area contributed by atoms with Crippen LogP contribution in [0.4, 0.5) is 5.00 Å². The Labute approximate surface area is 95.1 Å². The van der Waals surface area contributed by atoms with Crippen LogP contribution in [0, 0.1) is 0 Å². The van der Waals surface area contributed by atoms with Gasteiger partial charge in [-0.3, -0.25) is 0 Å². The van der Waals surface area contributed by atoms with Crippen LogP contribution >= 0.6 is 11.3 Å². The number of phenols is 1. The molecule has 0 bridgehead atoms. The standard InChI is InChI=1S/C10H8N2O3S/c11-9-8(12-5-16-9)10(14)15-7-4-2-1-3-6(7)13/h1-5,13H,11H2. The molecule has 1 heterocycles. The molecule has 82 valence electrons. The van der Waals surface area contributed by atoms with E-state index in [0.29, 0.717) is 5.00 Å². The second-order valence-electron chi connectivity index (χ2n) is 2.92. The Hall–Kier alpha value is -2.08. The van der Waals surface area contributed by atoms with Gasteiger partial charge < -0.3 is 15.6 Å². The molecular formula is C10H8N2O3S. The maximum atomic E-state index is 11.6. The molecule has 16 heavy (non-hydrogen) atoms. The van der Waals surface area contributed by atoms with Gasteiger partial charge in [0.25, 0.3) is 0 Å². The summed E-state index contributed by atoms with van der Waals surface area (Å²) in [5.74, 6) is -0.704. The van der Waals surface area contributed by atoms with Gasteiger partial charge in [0.15, 0.2) is 17.2 Å². The van der Waals surface area contributed by atoms with Crippen molar-refractivity contribution in [1.29, 1.82) is 0 Å². The minimum Gasteiger partial charge on any atom is -0.504 e. The number of benzene rings is 1. The van der Waals surface area contributed by atoms with Gasteiger partial charge in [-0.2, -0.15) is 0 Å². The summed E-state index contributed by atoms with van der Waals surface area (Å²) in [5, 5.41) is 9.69. The SMILES string of the molecule is Nc1scnc1C(=O)Oc1ccccc1O. The number of nitrogens with two attached hydrogens (primary N) is 1. The van der Waals surface area contributed by atoms with Crippen molar-refractivity contribution in [1.82, 2.24) is 4.98 Å². The molecular weight excluding hydrogens is 228 g/mol. The number of aromatic nitrogens is 1. The van der Waals surface area contributed by atoms with E-state index in [1.807, 2.05) is 0 Å². The number of hydrogen-bond acceptors (Lipinski definition) is 6. The highest BCUT2D eigenvalue weighted by Gasteiger charge is 2.16. The average molecular weight is 236 g/mol. The molecule has 1 aromatic heterocycles. The van der Waals surface area contributed by atoms with Crippen LogP contribution < -0.4 is 10.5 Å². The molecule has 0 aliphatic heterocycles. The lowest BCUT2D eigenvalue weighted by atomic mass is 10.3. The lowest BCUT2D eigenvalue weighted by Gasteiger charge is -2.04.